The van der Waals surface area contributed by atoms with Gasteiger partial charge in [0, 0.05) is 14.2 Å². The van der Waals surface area contributed by atoms with Crippen LogP contribution in [-0.2, 0) is 17.9 Å². The van der Waals surface area contributed by atoms with Crippen LogP contribution in [0.25, 0.3) is 6.08 Å². The van der Waals surface area contributed by atoms with Crippen LogP contribution in [0.15, 0.2) is 71.6 Å². The molecule has 162 valence electrons. The van der Waals surface area contributed by atoms with Crippen molar-refractivity contribution in [3.63, 3.8) is 0 Å². The lowest BCUT2D eigenvalue weighted by atomic mass is 10.2. The number of thioether (sulfide) groups is 1. The number of carbonyl (C=O) groups excluding carboxylic acids is 2. The van der Waals surface area contributed by atoms with Crippen LogP contribution in [0, 0.1) is 3.57 Å². The molecule has 1 saturated heterocycles. The van der Waals surface area contributed by atoms with Crippen LogP contribution in [0.2, 0.25) is 10.0 Å². The Kier molecular flexibility index (Phi) is 7.45. The fourth-order valence-electron chi connectivity index (χ4n) is 3.05. The van der Waals surface area contributed by atoms with Crippen LogP contribution in [0.5, 0.6) is 5.75 Å². The first-order valence-electron chi connectivity index (χ1n) is 9.56. The summed E-state index contributed by atoms with van der Waals surface area (Å²) in [7, 11) is 0. The van der Waals surface area contributed by atoms with Gasteiger partial charge in [0.25, 0.3) is 11.1 Å². The Morgan fingerprint density at radius 3 is 2.44 bits per heavy atom. The fourth-order valence-corrected chi connectivity index (χ4v) is 4.69. The molecule has 0 aromatic heterocycles. The van der Waals surface area contributed by atoms with Crippen LogP contribution in [0.1, 0.15) is 16.7 Å². The molecule has 4 rings (SSSR count). The summed E-state index contributed by atoms with van der Waals surface area (Å²) in [6.45, 7) is 0.532. The zero-order valence-corrected chi connectivity index (χ0v) is 21.0. The van der Waals surface area contributed by atoms with E-state index in [1.807, 2.05) is 42.5 Å². The van der Waals surface area contributed by atoms with Gasteiger partial charge in [0.15, 0.2) is 0 Å². The highest BCUT2D eigenvalue weighted by Gasteiger charge is 2.35. The second-order valence-electron chi connectivity index (χ2n) is 6.96. The monoisotopic (exact) mass is 595 g/mol. The van der Waals surface area contributed by atoms with Crippen molar-refractivity contribution in [3.8, 4) is 5.75 Å². The Labute approximate surface area is 213 Å². The molecule has 0 aliphatic carbocycles. The second kappa shape index (κ2) is 10.3. The number of imide groups is 1. The smallest absolute Gasteiger partial charge is 0.293 e. The third-order valence-corrected chi connectivity index (χ3v) is 7.01. The molecular formula is C24H16Cl2INO3S. The molecule has 0 bridgehead atoms. The molecule has 3 aromatic carbocycles. The van der Waals surface area contributed by atoms with Gasteiger partial charge in [-0.2, -0.15) is 0 Å². The molecule has 1 fully saturated rings. The highest BCUT2D eigenvalue weighted by Crippen LogP contribution is 2.35. The highest BCUT2D eigenvalue weighted by molar-refractivity contribution is 14.1. The highest BCUT2D eigenvalue weighted by atomic mass is 127. The topological polar surface area (TPSA) is 46.6 Å². The number of ether oxygens (including phenoxy) is 1. The van der Waals surface area contributed by atoms with E-state index in [1.54, 1.807) is 30.3 Å². The molecule has 0 spiro atoms. The summed E-state index contributed by atoms with van der Waals surface area (Å²) in [5, 5.41) is 0.746. The minimum absolute atomic E-state index is 0.245. The summed E-state index contributed by atoms with van der Waals surface area (Å²) in [5.74, 6) is 0.198. The van der Waals surface area contributed by atoms with Crippen LogP contribution < -0.4 is 4.74 Å². The number of rotatable bonds is 6. The van der Waals surface area contributed by atoms with Crippen molar-refractivity contribution in [2.75, 3.05) is 0 Å². The van der Waals surface area contributed by atoms with Crippen LogP contribution in [0.4, 0.5) is 4.79 Å². The summed E-state index contributed by atoms with van der Waals surface area (Å²) in [4.78, 5) is 26.8. The molecule has 0 unspecified atom stereocenters. The van der Waals surface area contributed by atoms with Crippen LogP contribution >= 0.6 is 57.6 Å². The van der Waals surface area contributed by atoms with Gasteiger partial charge in [-0.1, -0.05) is 59.6 Å². The lowest BCUT2D eigenvalue weighted by molar-refractivity contribution is -0.123. The number of carbonyl (C=O) groups is 2. The van der Waals surface area contributed by atoms with E-state index in [0.29, 0.717) is 26.3 Å². The van der Waals surface area contributed by atoms with Crippen LogP contribution in [0.3, 0.4) is 0 Å². The van der Waals surface area contributed by atoms with Gasteiger partial charge in [0.2, 0.25) is 0 Å². The average molecular weight is 596 g/mol. The zero-order valence-electron chi connectivity index (χ0n) is 16.6. The van der Waals surface area contributed by atoms with Gasteiger partial charge in [0.1, 0.15) is 12.4 Å². The van der Waals surface area contributed by atoms with E-state index in [1.165, 1.54) is 4.90 Å². The van der Waals surface area contributed by atoms with Gasteiger partial charge in [-0.3, -0.25) is 14.5 Å². The second-order valence-corrected chi connectivity index (χ2v) is 10.0. The maximum absolute atomic E-state index is 12.8. The molecular weight excluding hydrogens is 580 g/mol. The maximum Gasteiger partial charge on any atom is 0.293 e. The number of hydrogen-bond acceptors (Lipinski definition) is 4. The molecule has 1 aliphatic rings. The van der Waals surface area contributed by atoms with Gasteiger partial charge >= 0.3 is 0 Å². The van der Waals surface area contributed by atoms with Crippen molar-refractivity contribution in [2.45, 2.75) is 13.2 Å². The average Bonchev–Trinajstić information content (AvgIpc) is 3.03. The SMILES string of the molecule is O=C1S/C(=C\c2ccc(OCc3ccccc3Cl)c(Cl)c2)C(=O)N1Cc1ccc(I)cc1. The summed E-state index contributed by atoms with van der Waals surface area (Å²) in [6.07, 6.45) is 1.67. The number of amides is 2. The molecule has 0 atom stereocenters. The summed E-state index contributed by atoms with van der Waals surface area (Å²) < 4.78 is 6.88. The summed E-state index contributed by atoms with van der Waals surface area (Å²) in [6, 6.07) is 20.4. The Morgan fingerprint density at radius 1 is 0.969 bits per heavy atom. The minimum atomic E-state index is -0.311. The van der Waals surface area contributed by atoms with Crippen molar-refractivity contribution in [3.05, 3.63) is 102 Å². The van der Waals surface area contributed by atoms with Crippen LogP contribution in [-0.4, -0.2) is 16.0 Å². The molecule has 2 amide bonds. The number of nitrogens with zero attached hydrogens (tertiary/aromatic N) is 1. The van der Waals surface area contributed by atoms with Gasteiger partial charge < -0.3 is 4.74 Å². The predicted octanol–water partition coefficient (Wildman–Crippen LogP) is 7.41. The van der Waals surface area contributed by atoms with Gasteiger partial charge in [-0.05, 0) is 81.9 Å². The Balaban J connectivity index is 1.45. The molecule has 4 nitrogen and oxygen atoms in total. The largest absolute Gasteiger partial charge is 0.487 e. The predicted molar refractivity (Wildman–Crippen MR) is 138 cm³/mol. The van der Waals surface area contributed by atoms with Gasteiger partial charge in [0.05, 0.1) is 16.5 Å². The molecule has 0 saturated carbocycles. The number of halogens is 3. The molecule has 0 N–H and O–H groups in total. The zero-order chi connectivity index (χ0) is 22.7. The lowest BCUT2D eigenvalue weighted by Gasteiger charge is -2.12. The molecule has 1 heterocycles. The maximum atomic E-state index is 12.8. The Bertz CT molecular complexity index is 1210. The molecule has 1 aliphatic heterocycles. The first-order valence-corrected chi connectivity index (χ1v) is 12.2. The third kappa shape index (κ3) is 5.49. The Hall–Kier alpha value is -2.00. The normalized spacial score (nSPS) is 15.0. The van der Waals surface area contributed by atoms with E-state index in [2.05, 4.69) is 22.6 Å². The fraction of sp³-hybridized carbons (Fsp3) is 0.0833. The quantitative estimate of drug-likeness (QED) is 0.220. The van der Waals surface area contributed by atoms with E-state index in [-0.39, 0.29) is 24.3 Å². The summed E-state index contributed by atoms with van der Waals surface area (Å²) >= 11 is 15.7. The number of hydrogen-bond donors (Lipinski definition) is 0. The van der Waals surface area contributed by atoms with Crippen molar-refractivity contribution in [1.29, 1.82) is 0 Å². The molecule has 0 radical (unpaired) electrons. The minimum Gasteiger partial charge on any atom is -0.487 e. The van der Waals surface area contributed by atoms with E-state index in [9.17, 15) is 9.59 Å². The molecule has 8 heteroatoms. The molecule has 32 heavy (non-hydrogen) atoms. The molecule has 3 aromatic rings. The van der Waals surface area contributed by atoms with Gasteiger partial charge in [-0.25, -0.2) is 0 Å². The van der Waals surface area contributed by atoms with Gasteiger partial charge in [-0.15, -0.1) is 0 Å². The first-order chi connectivity index (χ1) is 15.4. The van der Waals surface area contributed by atoms with Crippen molar-refractivity contribution >= 4 is 74.8 Å². The van der Waals surface area contributed by atoms with E-state index >= 15 is 0 Å². The Morgan fingerprint density at radius 2 is 1.72 bits per heavy atom. The van der Waals surface area contributed by atoms with Crippen molar-refractivity contribution in [1.82, 2.24) is 4.90 Å². The first kappa shape index (κ1) is 23.2. The summed E-state index contributed by atoms with van der Waals surface area (Å²) in [5.41, 5.74) is 2.47. The third-order valence-electron chi connectivity index (χ3n) is 4.72. The number of benzene rings is 3. The lowest BCUT2D eigenvalue weighted by Crippen LogP contribution is -2.27. The van der Waals surface area contributed by atoms with E-state index in [0.717, 1.165) is 26.5 Å². The van der Waals surface area contributed by atoms with E-state index in [4.69, 9.17) is 27.9 Å². The van der Waals surface area contributed by atoms with E-state index < -0.39 is 0 Å². The van der Waals surface area contributed by atoms with Crippen molar-refractivity contribution < 1.29 is 14.3 Å². The van der Waals surface area contributed by atoms with Crippen molar-refractivity contribution in [2.24, 2.45) is 0 Å². The standard InChI is InChI=1S/C24H16Cl2INO3S/c25-19-4-2-1-3-17(19)14-31-21-10-7-16(11-20(21)26)12-22-23(29)28(24(30)32-22)13-15-5-8-18(27)9-6-15/h1-12H,13-14H2/b22-12-.